The van der Waals surface area contributed by atoms with Crippen LogP contribution in [0.4, 0.5) is 0 Å². The van der Waals surface area contributed by atoms with E-state index in [1.807, 2.05) is 0 Å². The Morgan fingerprint density at radius 2 is 2.67 bits per heavy atom. The zero-order valence-electron chi connectivity index (χ0n) is 2.92. The Bertz CT molecular complexity index is 114. The first kappa shape index (κ1) is 3.90. The minimum absolute atomic E-state index is 0.0301. The van der Waals surface area contributed by atoms with Crippen LogP contribution >= 0.6 is 0 Å². The minimum atomic E-state index is 0.0301. The van der Waals surface area contributed by atoms with Crippen LogP contribution in [-0.2, 0) is 5.11 Å². The second kappa shape index (κ2) is 1.45. The van der Waals surface area contributed by atoms with E-state index in [2.05, 4.69) is 4.98 Å². The van der Waals surface area contributed by atoms with E-state index in [-0.39, 0.29) is 19.3 Å². The van der Waals surface area contributed by atoms with Crippen molar-refractivity contribution in [3.05, 3.63) is 11.1 Å². The van der Waals surface area contributed by atoms with Crippen molar-refractivity contribution in [2.24, 2.45) is 0 Å². The first-order valence-electron chi connectivity index (χ1n) is 1.46. The topological polar surface area (TPSA) is 32.8 Å². The Kier molecular flexibility index (Phi) is 0.945. The molecule has 0 saturated carbocycles. The molecule has 0 aromatic carbocycles. The fourth-order valence-corrected chi connectivity index (χ4v) is 0.965. The van der Waals surface area contributed by atoms with Crippen molar-refractivity contribution in [3.63, 3.8) is 0 Å². The van der Waals surface area contributed by atoms with Gasteiger partial charge >= 0.3 is 40.5 Å². The second-order valence-electron chi connectivity index (χ2n) is 0.798. The van der Waals surface area contributed by atoms with Crippen LogP contribution in [0.3, 0.4) is 0 Å². The van der Waals surface area contributed by atoms with Crippen molar-refractivity contribution in [2.75, 3.05) is 0 Å². The Labute approximate surface area is 41.2 Å². The van der Waals surface area contributed by atoms with Gasteiger partial charge in [-0.05, 0) is 0 Å². The fourth-order valence-electron chi connectivity index (χ4n) is 0.210. The van der Waals surface area contributed by atoms with Gasteiger partial charge in [0.2, 0.25) is 0 Å². The molecule has 0 unspecified atom stereocenters. The van der Waals surface area contributed by atoms with E-state index in [1.54, 1.807) is 11.1 Å². The molecule has 0 saturated heterocycles. The summed E-state index contributed by atoms with van der Waals surface area (Å²) in [7, 11) is 0. The van der Waals surface area contributed by atoms with Crippen molar-refractivity contribution in [3.8, 4) is 4.75 Å². The number of rotatable bonds is 0. The van der Waals surface area contributed by atoms with E-state index >= 15 is 0 Å². The van der Waals surface area contributed by atoms with E-state index in [4.69, 9.17) is 0 Å². The summed E-state index contributed by atoms with van der Waals surface area (Å²) in [6, 6.07) is 0. The summed E-state index contributed by atoms with van der Waals surface area (Å²) in [4.78, 5) is 5.25. The van der Waals surface area contributed by atoms with Gasteiger partial charge in [-0.3, -0.25) is 0 Å². The molecule has 3 heteroatoms. The average Bonchev–Trinajstić information content (AvgIpc) is 1.86. The standard InChI is InChI=1S/C3H2NOSe/c5-3-4-1-2-6-3/h1-2H. The van der Waals surface area contributed by atoms with Gasteiger partial charge in [-0.2, -0.15) is 0 Å². The zero-order chi connectivity index (χ0) is 4.41. The first-order chi connectivity index (χ1) is 2.89. The number of hydrogen-bond donors (Lipinski definition) is 0. The number of hydrogen-bond acceptors (Lipinski definition) is 1. The summed E-state index contributed by atoms with van der Waals surface area (Å²) in [5.41, 5.74) is 0. The van der Waals surface area contributed by atoms with Crippen molar-refractivity contribution in [1.29, 1.82) is 0 Å². The molecule has 0 atom stereocenters. The van der Waals surface area contributed by atoms with Gasteiger partial charge in [0.05, 0.1) is 0 Å². The first-order valence-corrected chi connectivity index (χ1v) is 3.30. The van der Waals surface area contributed by atoms with E-state index in [9.17, 15) is 5.11 Å². The third-order valence-corrected chi connectivity index (χ3v) is 1.59. The van der Waals surface area contributed by atoms with Crippen LogP contribution in [0.1, 0.15) is 0 Å². The van der Waals surface area contributed by atoms with Gasteiger partial charge < -0.3 is 0 Å². The van der Waals surface area contributed by atoms with E-state index < -0.39 is 0 Å². The third kappa shape index (κ3) is 0.614. The molecule has 0 aliphatic heterocycles. The van der Waals surface area contributed by atoms with Crippen LogP contribution < -0.4 is 0 Å². The second-order valence-corrected chi connectivity index (χ2v) is 2.60. The van der Waals surface area contributed by atoms with Crippen LogP contribution in [0.2, 0.25) is 0 Å². The summed E-state index contributed by atoms with van der Waals surface area (Å²) in [5, 5.41) is 10.0. The molecule has 31 valence electrons. The number of nitrogens with zero attached hydrogens (tertiary/aromatic N) is 1. The Morgan fingerprint density at radius 1 is 1.83 bits per heavy atom. The summed E-state index contributed by atoms with van der Waals surface area (Å²) in [5.74, 6) is 0. The molecule has 0 aliphatic rings. The van der Waals surface area contributed by atoms with Gasteiger partial charge in [0.15, 0.2) is 0 Å². The predicted molar refractivity (Wildman–Crippen MR) is 21.3 cm³/mol. The summed E-state index contributed by atoms with van der Waals surface area (Å²) in [6.07, 6.45) is 1.56. The SMILES string of the molecule is [O]c1ncc[se]1. The zero-order valence-corrected chi connectivity index (χ0v) is 4.63. The average molecular weight is 147 g/mol. The Balaban J connectivity index is 3.05. The van der Waals surface area contributed by atoms with Gasteiger partial charge in [0.1, 0.15) is 0 Å². The molecule has 1 aromatic heterocycles. The van der Waals surface area contributed by atoms with Gasteiger partial charge in [-0.25, -0.2) is 0 Å². The van der Waals surface area contributed by atoms with Crippen molar-refractivity contribution in [1.82, 2.24) is 4.98 Å². The molecule has 2 nitrogen and oxygen atoms in total. The summed E-state index contributed by atoms with van der Waals surface area (Å²) >= 11 is 0.0417. The van der Waals surface area contributed by atoms with E-state index in [0.29, 0.717) is 0 Å². The normalized spacial score (nSPS) is 8.67. The van der Waals surface area contributed by atoms with Crippen LogP contribution in [0, 0.1) is 0 Å². The Morgan fingerprint density at radius 3 is 2.83 bits per heavy atom. The molecule has 0 bridgehead atoms. The van der Waals surface area contributed by atoms with Crippen LogP contribution in [-0.4, -0.2) is 19.5 Å². The predicted octanol–water partition coefficient (Wildman–Crippen LogP) is 0.282. The molecule has 0 spiro atoms. The molecule has 1 heterocycles. The van der Waals surface area contributed by atoms with Gasteiger partial charge in [-0.1, -0.05) is 0 Å². The molecular weight excluding hydrogens is 145 g/mol. The molecule has 0 amide bonds. The monoisotopic (exact) mass is 148 g/mol. The molecule has 1 radical (unpaired) electrons. The molecular formula is C3H2NOSe. The molecule has 0 N–H and O–H groups in total. The Hall–Kier alpha value is -0.271. The summed E-state index contributed by atoms with van der Waals surface area (Å²) in [6.45, 7) is 0. The van der Waals surface area contributed by atoms with Crippen molar-refractivity contribution < 1.29 is 5.11 Å². The van der Waals surface area contributed by atoms with E-state index in [1.165, 1.54) is 0 Å². The molecule has 0 aliphatic carbocycles. The third-order valence-electron chi connectivity index (χ3n) is 0.410. The van der Waals surface area contributed by atoms with Gasteiger partial charge in [0, 0.05) is 0 Å². The van der Waals surface area contributed by atoms with Gasteiger partial charge in [-0.15, -0.1) is 0 Å². The number of aromatic nitrogens is 1. The molecule has 0 fully saturated rings. The van der Waals surface area contributed by atoms with Crippen LogP contribution in [0.15, 0.2) is 11.1 Å². The fraction of sp³-hybridized carbons (Fsp3) is 0. The van der Waals surface area contributed by atoms with Crippen molar-refractivity contribution in [2.45, 2.75) is 0 Å². The van der Waals surface area contributed by atoms with Gasteiger partial charge in [0.25, 0.3) is 0 Å². The summed E-state index contributed by atoms with van der Waals surface area (Å²) < 4.78 is 0.0301. The molecule has 1 aromatic rings. The maximum atomic E-state index is 10.0. The molecule has 1 rings (SSSR count). The quantitative estimate of drug-likeness (QED) is 0.485. The molecule has 6 heavy (non-hydrogen) atoms. The van der Waals surface area contributed by atoms with E-state index in [0.717, 1.165) is 0 Å². The van der Waals surface area contributed by atoms with Crippen LogP contribution in [0.25, 0.3) is 0 Å². The van der Waals surface area contributed by atoms with Crippen molar-refractivity contribution >= 4 is 14.5 Å². The maximum absolute atomic E-state index is 10.0. The van der Waals surface area contributed by atoms with Crippen LogP contribution in [0.5, 0.6) is 4.75 Å².